The summed E-state index contributed by atoms with van der Waals surface area (Å²) < 4.78 is 10.8. The monoisotopic (exact) mass is 257 g/mol. The van der Waals surface area contributed by atoms with Crippen LogP contribution < -0.4 is 0 Å². The Morgan fingerprint density at radius 3 is 2.44 bits per heavy atom. The molecule has 2 aliphatic rings. The van der Waals surface area contributed by atoms with Gasteiger partial charge in [-0.2, -0.15) is 0 Å². The zero-order valence-corrected chi connectivity index (χ0v) is 10.9. The van der Waals surface area contributed by atoms with Crippen molar-refractivity contribution in [2.45, 2.75) is 38.4 Å². The number of amides is 1. The van der Waals surface area contributed by atoms with Crippen LogP contribution >= 0.6 is 0 Å². The molecule has 1 unspecified atom stereocenters. The predicted molar refractivity (Wildman–Crippen MR) is 62.2 cm³/mol. The van der Waals surface area contributed by atoms with Crippen molar-refractivity contribution in [3.63, 3.8) is 0 Å². The number of carbonyl (C=O) groups is 2. The van der Waals surface area contributed by atoms with E-state index in [9.17, 15) is 9.59 Å². The van der Waals surface area contributed by atoms with Gasteiger partial charge in [-0.1, -0.05) is 0 Å². The first-order chi connectivity index (χ1) is 8.21. The van der Waals surface area contributed by atoms with Gasteiger partial charge < -0.3 is 19.5 Å². The molecule has 2 fully saturated rings. The molecule has 0 radical (unpaired) electrons. The van der Waals surface area contributed by atoms with Crippen molar-refractivity contribution >= 4 is 12.1 Å². The highest BCUT2D eigenvalue weighted by atomic mass is 16.6. The fourth-order valence-electron chi connectivity index (χ4n) is 2.33. The molecular formula is C12H19NO5. The van der Waals surface area contributed by atoms with Gasteiger partial charge in [-0.25, -0.2) is 4.79 Å². The molecule has 1 atom stereocenters. The van der Waals surface area contributed by atoms with Gasteiger partial charge >= 0.3 is 12.1 Å². The van der Waals surface area contributed by atoms with Crippen LogP contribution in [-0.2, 0) is 14.3 Å². The molecule has 1 spiro atoms. The van der Waals surface area contributed by atoms with Gasteiger partial charge in [0.2, 0.25) is 0 Å². The first kappa shape index (κ1) is 13.1. The molecule has 0 aromatic heterocycles. The molecule has 2 saturated heterocycles. The Morgan fingerprint density at radius 2 is 2.00 bits per heavy atom. The Bertz CT molecular complexity index is 367. The first-order valence-electron chi connectivity index (χ1n) is 6.05. The summed E-state index contributed by atoms with van der Waals surface area (Å²) >= 11 is 0. The van der Waals surface area contributed by atoms with Crippen LogP contribution in [0.4, 0.5) is 4.79 Å². The van der Waals surface area contributed by atoms with Gasteiger partial charge in [0.15, 0.2) is 0 Å². The van der Waals surface area contributed by atoms with Crippen LogP contribution in [0.3, 0.4) is 0 Å². The molecule has 102 valence electrons. The molecule has 0 aromatic rings. The molecule has 1 N–H and O–H groups in total. The molecule has 18 heavy (non-hydrogen) atoms. The van der Waals surface area contributed by atoms with Gasteiger partial charge in [-0.05, 0) is 27.2 Å². The first-order valence-corrected chi connectivity index (χ1v) is 6.05. The largest absolute Gasteiger partial charge is 0.481 e. The number of ether oxygens (including phenoxy) is 2. The summed E-state index contributed by atoms with van der Waals surface area (Å²) in [5, 5.41) is 8.91. The van der Waals surface area contributed by atoms with Crippen molar-refractivity contribution in [3.05, 3.63) is 0 Å². The van der Waals surface area contributed by atoms with Crippen molar-refractivity contribution in [3.8, 4) is 0 Å². The van der Waals surface area contributed by atoms with E-state index < -0.39 is 23.1 Å². The van der Waals surface area contributed by atoms with E-state index in [-0.39, 0.29) is 12.7 Å². The normalized spacial score (nSPS) is 25.9. The molecule has 6 heteroatoms. The Labute approximate surface area is 106 Å². The third-order valence-corrected chi connectivity index (χ3v) is 3.17. The number of likely N-dealkylation sites (tertiary alicyclic amines) is 1. The van der Waals surface area contributed by atoms with Crippen LogP contribution in [0.5, 0.6) is 0 Å². The van der Waals surface area contributed by atoms with Gasteiger partial charge in [-0.15, -0.1) is 0 Å². The summed E-state index contributed by atoms with van der Waals surface area (Å²) in [5.74, 6) is -1.28. The Morgan fingerprint density at radius 1 is 1.39 bits per heavy atom. The lowest BCUT2D eigenvalue weighted by atomic mass is 9.87. The molecule has 0 bridgehead atoms. The number of nitrogens with zero attached hydrogens (tertiary/aromatic N) is 1. The number of carboxylic acids is 1. The summed E-state index contributed by atoms with van der Waals surface area (Å²) in [6.07, 6.45) is 0.109. The Kier molecular flexibility index (Phi) is 3.01. The van der Waals surface area contributed by atoms with Crippen LogP contribution in [0.1, 0.15) is 27.2 Å². The molecule has 6 nitrogen and oxygen atoms in total. The summed E-state index contributed by atoms with van der Waals surface area (Å²) in [5.41, 5.74) is -0.972. The fraction of sp³-hybridized carbons (Fsp3) is 0.833. The van der Waals surface area contributed by atoms with Crippen molar-refractivity contribution in [1.29, 1.82) is 0 Å². The Hall–Kier alpha value is -1.30. The van der Waals surface area contributed by atoms with E-state index >= 15 is 0 Å². The maximum Gasteiger partial charge on any atom is 0.410 e. The topological polar surface area (TPSA) is 76.1 Å². The maximum atomic E-state index is 11.7. The van der Waals surface area contributed by atoms with E-state index in [4.69, 9.17) is 14.6 Å². The second kappa shape index (κ2) is 4.12. The number of aliphatic carboxylic acids is 1. The smallest absolute Gasteiger partial charge is 0.410 e. The van der Waals surface area contributed by atoms with E-state index in [0.717, 1.165) is 0 Å². The van der Waals surface area contributed by atoms with E-state index in [2.05, 4.69) is 0 Å². The van der Waals surface area contributed by atoms with Gasteiger partial charge in [0.1, 0.15) is 11.2 Å². The second-order valence-electron chi connectivity index (χ2n) is 6.07. The summed E-state index contributed by atoms with van der Waals surface area (Å²) in [4.78, 5) is 24.1. The molecule has 1 amide bonds. The lowest BCUT2D eigenvalue weighted by Gasteiger charge is -2.46. The number of rotatable bonds is 1. The van der Waals surface area contributed by atoms with Gasteiger partial charge in [0.25, 0.3) is 0 Å². The van der Waals surface area contributed by atoms with Gasteiger partial charge in [0.05, 0.1) is 25.6 Å². The molecule has 2 rings (SSSR count). The third-order valence-electron chi connectivity index (χ3n) is 3.17. The van der Waals surface area contributed by atoms with Crippen LogP contribution in [0.15, 0.2) is 0 Å². The minimum absolute atomic E-state index is 0.234. The quantitative estimate of drug-likeness (QED) is 0.761. The fourth-order valence-corrected chi connectivity index (χ4v) is 2.33. The zero-order chi connectivity index (χ0) is 13.6. The molecule has 0 aliphatic carbocycles. The zero-order valence-electron chi connectivity index (χ0n) is 10.9. The van der Waals surface area contributed by atoms with Crippen molar-refractivity contribution in [2.24, 2.45) is 5.92 Å². The van der Waals surface area contributed by atoms with E-state index in [0.29, 0.717) is 19.5 Å². The van der Waals surface area contributed by atoms with Crippen molar-refractivity contribution < 1.29 is 24.2 Å². The number of hydrogen-bond donors (Lipinski definition) is 1. The highest BCUT2D eigenvalue weighted by Gasteiger charge is 2.53. The van der Waals surface area contributed by atoms with Gasteiger partial charge in [0, 0.05) is 0 Å². The van der Waals surface area contributed by atoms with Crippen LogP contribution in [0.2, 0.25) is 0 Å². The number of carbonyl (C=O) groups excluding carboxylic acids is 1. The summed E-state index contributed by atoms with van der Waals surface area (Å²) in [6.45, 7) is 6.52. The average Bonchev–Trinajstić information content (AvgIpc) is 2.56. The van der Waals surface area contributed by atoms with Crippen LogP contribution in [0, 0.1) is 5.92 Å². The minimum atomic E-state index is -0.831. The molecular weight excluding hydrogens is 238 g/mol. The van der Waals surface area contributed by atoms with Crippen LogP contribution in [-0.4, -0.2) is 53.0 Å². The molecule has 0 aromatic carbocycles. The Balaban J connectivity index is 1.84. The molecule has 2 aliphatic heterocycles. The minimum Gasteiger partial charge on any atom is -0.481 e. The maximum absolute atomic E-state index is 11.7. The van der Waals surface area contributed by atoms with Crippen molar-refractivity contribution in [1.82, 2.24) is 4.90 Å². The molecule has 0 saturated carbocycles. The lowest BCUT2D eigenvalue weighted by molar-refractivity contribution is -0.141. The third kappa shape index (κ3) is 2.58. The second-order valence-corrected chi connectivity index (χ2v) is 6.07. The molecule has 2 heterocycles. The van der Waals surface area contributed by atoms with Gasteiger partial charge in [-0.3, -0.25) is 4.79 Å². The van der Waals surface area contributed by atoms with E-state index in [1.54, 1.807) is 4.90 Å². The number of hydrogen-bond acceptors (Lipinski definition) is 4. The highest BCUT2D eigenvalue weighted by molar-refractivity contribution is 5.72. The van der Waals surface area contributed by atoms with E-state index in [1.807, 2.05) is 20.8 Å². The van der Waals surface area contributed by atoms with Crippen molar-refractivity contribution in [2.75, 3.05) is 19.7 Å². The highest BCUT2D eigenvalue weighted by Crippen LogP contribution is 2.38. The summed E-state index contributed by atoms with van der Waals surface area (Å²) in [7, 11) is 0. The van der Waals surface area contributed by atoms with E-state index in [1.165, 1.54) is 0 Å². The summed E-state index contributed by atoms with van der Waals surface area (Å²) in [6, 6.07) is 0. The van der Waals surface area contributed by atoms with Crippen LogP contribution in [0.25, 0.3) is 0 Å². The standard InChI is InChI=1S/C12H19NO5/c1-11(2,3)18-10(16)13-6-12(7-13)4-8(5-17-12)9(14)15/h8H,4-7H2,1-3H3,(H,14,15). The SMILES string of the molecule is CC(C)(C)OC(=O)N1CC2(CC(C(=O)O)CO2)C1. The average molecular weight is 257 g/mol. The predicted octanol–water partition coefficient (Wildman–Crippen LogP) is 1.10. The lowest BCUT2D eigenvalue weighted by Crippen LogP contribution is -2.63. The number of carboxylic acid groups (broad SMARTS) is 1.